The quantitative estimate of drug-likeness (QED) is 0.170. The molecule has 1 N–H and O–H groups in total. The zero-order valence-corrected chi connectivity index (χ0v) is 22.6. The summed E-state index contributed by atoms with van der Waals surface area (Å²) in [5.41, 5.74) is 2.92. The monoisotopic (exact) mass is 567 g/mol. The molecule has 5 nitrogen and oxygen atoms in total. The number of carbonyl (C=O) groups excluding carboxylic acids is 1. The number of hydrogen-bond acceptors (Lipinski definition) is 3. The second-order valence-corrected chi connectivity index (χ2v) is 10.1. The molecule has 0 aliphatic heterocycles. The van der Waals surface area contributed by atoms with E-state index < -0.39 is 0 Å². The van der Waals surface area contributed by atoms with Crippen LogP contribution in [0.2, 0.25) is 5.02 Å². The standard InChI is InChI=1S/C29H31BrClN3O2/c30-23-13-11-22(12-14-23)29(35)32-19-5-1-2-10-28-33-26-8-3-4-9-27(26)34(28)20-6-7-21-36-25-17-15-24(31)16-18-25/h3-4,8-9,11-18H,1-2,5-7,10,19-21H2,(H,32,35). The molecule has 0 saturated carbocycles. The number of ether oxygens (including phenoxy) is 1. The van der Waals surface area contributed by atoms with E-state index in [0.717, 1.165) is 66.6 Å². The largest absolute Gasteiger partial charge is 0.494 e. The summed E-state index contributed by atoms with van der Waals surface area (Å²) in [4.78, 5) is 17.1. The molecule has 0 spiro atoms. The fourth-order valence-electron chi connectivity index (χ4n) is 4.15. The summed E-state index contributed by atoms with van der Waals surface area (Å²) in [5, 5.41) is 3.73. The number of rotatable bonds is 13. The van der Waals surface area contributed by atoms with Crippen LogP contribution in [0.1, 0.15) is 48.3 Å². The van der Waals surface area contributed by atoms with E-state index in [2.05, 4.69) is 44.0 Å². The van der Waals surface area contributed by atoms with Crippen LogP contribution in [0, 0.1) is 0 Å². The lowest BCUT2D eigenvalue weighted by atomic mass is 10.1. The number of nitrogens with one attached hydrogen (secondary N) is 1. The summed E-state index contributed by atoms with van der Waals surface area (Å²) in [7, 11) is 0. The number of halogens is 2. The highest BCUT2D eigenvalue weighted by atomic mass is 79.9. The number of aromatic nitrogens is 2. The number of unbranched alkanes of at least 4 members (excludes halogenated alkanes) is 3. The molecule has 188 valence electrons. The van der Waals surface area contributed by atoms with Crippen molar-refractivity contribution in [2.24, 2.45) is 0 Å². The molecule has 3 aromatic carbocycles. The summed E-state index contributed by atoms with van der Waals surface area (Å²) >= 11 is 9.33. The summed E-state index contributed by atoms with van der Waals surface area (Å²) in [5.74, 6) is 1.96. The Bertz CT molecular complexity index is 1260. The minimum atomic E-state index is -0.0238. The van der Waals surface area contributed by atoms with Gasteiger partial charge in [-0.3, -0.25) is 4.79 Å². The average Bonchev–Trinajstić information content (AvgIpc) is 3.24. The van der Waals surface area contributed by atoms with Crippen LogP contribution in [0.4, 0.5) is 0 Å². The molecule has 36 heavy (non-hydrogen) atoms. The maximum absolute atomic E-state index is 12.2. The van der Waals surface area contributed by atoms with E-state index in [1.54, 1.807) is 0 Å². The van der Waals surface area contributed by atoms with Gasteiger partial charge in [-0.1, -0.05) is 46.1 Å². The van der Waals surface area contributed by atoms with E-state index in [-0.39, 0.29) is 5.91 Å². The Balaban J connectivity index is 1.21. The number of para-hydroxylation sites is 2. The molecule has 1 heterocycles. The van der Waals surface area contributed by atoms with Crippen molar-refractivity contribution in [3.05, 3.63) is 93.7 Å². The molecule has 0 saturated heterocycles. The molecule has 0 bridgehead atoms. The molecule has 4 aromatic rings. The topological polar surface area (TPSA) is 56.2 Å². The maximum Gasteiger partial charge on any atom is 0.251 e. The number of carbonyl (C=O) groups is 1. The Morgan fingerprint density at radius 1 is 0.917 bits per heavy atom. The first kappa shape index (κ1) is 26.2. The lowest BCUT2D eigenvalue weighted by molar-refractivity contribution is 0.0953. The number of aryl methyl sites for hydroxylation is 2. The van der Waals surface area contributed by atoms with Crippen molar-refractivity contribution in [1.29, 1.82) is 0 Å². The highest BCUT2D eigenvalue weighted by molar-refractivity contribution is 9.10. The highest BCUT2D eigenvalue weighted by Crippen LogP contribution is 2.20. The van der Waals surface area contributed by atoms with Gasteiger partial charge >= 0.3 is 0 Å². The Hall–Kier alpha value is -2.83. The third-order valence-corrected chi connectivity index (χ3v) is 6.84. The first-order chi connectivity index (χ1) is 17.6. The predicted octanol–water partition coefficient (Wildman–Crippen LogP) is 7.45. The van der Waals surface area contributed by atoms with Crippen LogP contribution in [-0.4, -0.2) is 28.6 Å². The van der Waals surface area contributed by atoms with Gasteiger partial charge < -0.3 is 14.6 Å². The Morgan fingerprint density at radius 3 is 2.50 bits per heavy atom. The molecule has 4 rings (SSSR count). The van der Waals surface area contributed by atoms with E-state index in [1.165, 1.54) is 5.52 Å². The van der Waals surface area contributed by atoms with E-state index in [9.17, 15) is 4.79 Å². The molecule has 0 fully saturated rings. The zero-order chi connectivity index (χ0) is 25.2. The van der Waals surface area contributed by atoms with Crippen molar-refractivity contribution in [1.82, 2.24) is 14.9 Å². The number of benzene rings is 3. The van der Waals surface area contributed by atoms with Crippen molar-refractivity contribution in [3.63, 3.8) is 0 Å². The summed E-state index contributed by atoms with van der Waals surface area (Å²) in [6.07, 6.45) is 5.94. The Kier molecular flexibility index (Phi) is 9.82. The van der Waals surface area contributed by atoms with Gasteiger partial charge in [0.1, 0.15) is 11.6 Å². The molecule has 1 amide bonds. The van der Waals surface area contributed by atoms with E-state index in [0.29, 0.717) is 23.7 Å². The molecular weight excluding hydrogens is 538 g/mol. The van der Waals surface area contributed by atoms with Gasteiger partial charge in [0.15, 0.2) is 0 Å². The minimum Gasteiger partial charge on any atom is -0.494 e. The maximum atomic E-state index is 12.2. The van der Waals surface area contributed by atoms with Crippen molar-refractivity contribution < 1.29 is 9.53 Å². The lowest BCUT2D eigenvalue weighted by Crippen LogP contribution is -2.24. The Labute approximate surface area is 226 Å². The molecule has 0 radical (unpaired) electrons. The molecule has 0 aliphatic rings. The van der Waals surface area contributed by atoms with Crippen LogP contribution in [0.15, 0.2) is 77.3 Å². The molecular formula is C29H31BrClN3O2. The molecule has 0 aliphatic carbocycles. The lowest BCUT2D eigenvalue weighted by Gasteiger charge is -2.10. The minimum absolute atomic E-state index is 0.0238. The number of hydrogen-bond donors (Lipinski definition) is 1. The van der Waals surface area contributed by atoms with Gasteiger partial charge in [0.2, 0.25) is 0 Å². The summed E-state index contributed by atoms with van der Waals surface area (Å²) < 4.78 is 9.16. The Morgan fingerprint density at radius 2 is 1.69 bits per heavy atom. The molecule has 7 heteroatoms. The number of nitrogens with zero attached hydrogens (tertiary/aromatic N) is 2. The third kappa shape index (κ3) is 7.58. The van der Waals surface area contributed by atoms with E-state index in [1.807, 2.05) is 54.6 Å². The SMILES string of the molecule is O=C(NCCCCCc1nc2ccccc2n1CCCCOc1ccc(Cl)cc1)c1ccc(Br)cc1. The van der Waals surface area contributed by atoms with Crippen LogP contribution in [0.25, 0.3) is 11.0 Å². The van der Waals surface area contributed by atoms with Crippen molar-refractivity contribution in [2.75, 3.05) is 13.2 Å². The predicted molar refractivity (Wildman–Crippen MR) is 150 cm³/mol. The van der Waals surface area contributed by atoms with E-state index in [4.69, 9.17) is 21.3 Å². The summed E-state index contributed by atoms with van der Waals surface area (Å²) in [6, 6.07) is 23.2. The number of fused-ring (bicyclic) bond motifs is 1. The van der Waals surface area contributed by atoms with Crippen molar-refractivity contribution >= 4 is 44.5 Å². The van der Waals surface area contributed by atoms with Crippen LogP contribution < -0.4 is 10.1 Å². The average molecular weight is 569 g/mol. The first-order valence-corrected chi connectivity index (χ1v) is 13.6. The van der Waals surface area contributed by atoms with Gasteiger partial charge in [0.25, 0.3) is 5.91 Å². The van der Waals surface area contributed by atoms with Crippen LogP contribution in [0.3, 0.4) is 0 Å². The molecule has 1 aromatic heterocycles. The van der Waals surface area contributed by atoms with Gasteiger partial charge in [0, 0.05) is 34.6 Å². The smallest absolute Gasteiger partial charge is 0.251 e. The van der Waals surface area contributed by atoms with Crippen molar-refractivity contribution in [3.8, 4) is 5.75 Å². The zero-order valence-electron chi connectivity index (χ0n) is 20.3. The van der Waals surface area contributed by atoms with Crippen LogP contribution in [-0.2, 0) is 13.0 Å². The summed E-state index contributed by atoms with van der Waals surface area (Å²) in [6.45, 7) is 2.28. The van der Waals surface area contributed by atoms with Crippen LogP contribution >= 0.6 is 27.5 Å². The van der Waals surface area contributed by atoms with E-state index >= 15 is 0 Å². The van der Waals surface area contributed by atoms with Crippen molar-refractivity contribution in [2.45, 2.75) is 45.1 Å². The van der Waals surface area contributed by atoms with Gasteiger partial charge in [-0.2, -0.15) is 0 Å². The normalized spacial score (nSPS) is 11.1. The third-order valence-electron chi connectivity index (χ3n) is 6.06. The number of amides is 1. The number of imidazole rings is 1. The molecule has 0 atom stereocenters. The highest BCUT2D eigenvalue weighted by Gasteiger charge is 2.10. The molecule has 0 unspecified atom stereocenters. The van der Waals surface area contributed by atoms with Gasteiger partial charge in [-0.05, 0) is 86.3 Å². The van der Waals surface area contributed by atoms with Gasteiger partial charge in [0.05, 0.1) is 17.6 Å². The van der Waals surface area contributed by atoms with Gasteiger partial charge in [-0.25, -0.2) is 4.98 Å². The fraction of sp³-hybridized carbons (Fsp3) is 0.310. The second-order valence-electron chi connectivity index (χ2n) is 8.75. The first-order valence-electron chi connectivity index (χ1n) is 12.5. The second kappa shape index (κ2) is 13.5. The van der Waals surface area contributed by atoms with Gasteiger partial charge in [-0.15, -0.1) is 0 Å². The fourth-order valence-corrected chi connectivity index (χ4v) is 4.54. The van der Waals surface area contributed by atoms with Crippen LogP contribution in [0.5, 0.6) is 5.75 Å².